The van der Waals surface area contributed by atoms with Crippen LogP contribution in [0.15, 0.2) is 85.2 Å². The largest absolute Gasteiger partial charge is 0.457 e. The van der Waals surface area contributed by atoms with Gasteiger partial charge in [0.15, 0.2) is 0 Å². The van der Waals surface area contributed by atoms with Crippen molar-refractivity contribution in [2.75, 3.05) is 5.32 Å². The number of carbonyl (C=O) groups excluding carboxylic acids is 1. The number of rotatable bonds is 5. The van der Waals surface area contributed by atoms with Gasteiger partial charge in [-0.15, -0.1) is 0 Å². The average molecular weight is 316 g/mol. The molecule has 1 heterocycles. The molecule has 0 bridgehead atoms. The minimum Gasteiger partial charge on any atom is -0.457 e. The molecule has 0 radical (unpaired) electrons. The molecule has 1 aromatic heterocycles. The lowest BCUT2D eigenvalue weighted by Crippen LogP contribution is -2.07. The molecule has 0 aliphatic heterocycles. The van der Waals surface area contributed by atoms with Gasteiger partial charge in [0, 0.05) is 30.2 Å². The van der Waals surface area contributed by atoms with Crippen LogP contribution in [0, 0.1) is 0 Å². The van der Waals surface area contributed by atoms with E-state index in [0.717, 1.165) is 11.3 Å². The van der Waals surface area contributed by atoms with Crippen molar-refractivity contribution in [3.63, 3.8) is 0 Å². The zero-order chi connectivity index (χ0) is 16.6. The molecule has 0 saturated heterocycles. The number of hydrogen-bond donors (Lipinski definition) is 1. The van der Waals surface area contributed by atoms with Crippen molar-refractivity contribution in [1.29, 1.82) is 0 Å². The lowest BCUT2D eigenvalue weighted by Gasteiger charge is -2.08. The maximum atomic E-state index is 12.0. The van der Waals surface area contributed by atoms with E-state index in [1.807, 2.05) is 60.7 Å². The standard InChI is InChI=1S/C20H16N2O2/c23-20(10-9-16-11-13-21-14-12-16)22-17-5-4-8-19(15-17)24-18-6-2-1-3-7-18/h1-15H,(H,22,23)/b10-9+. The Hall–Kier alpha value is -3.40. The van der Waals surface area contributed by atoms with Crippen LogP contribution < -0.4 is 10.1 Å². The summed E-state index contributed by atoms with van der Waals surface area (Å²) in [6.07, 6.45) is 6.59. The zero-order valence-corrected chi connectivity index (χ0v) is 12.9. The average Bonchev–Trinajstić information content (AvgIpc) is 2.62. The molecule has 3 rings (SSSR count). The van der Waals surface area contributed by atoms with Gasteiger partial charge < -0.3 is 10.1 Å². The third kappa shape index (κ3) is 4.55. The molecule has 3 aromatic rings. The first-order chi connectivity index (χ1) is 11.8. The van der Waals surface area contributed by atoms with Gasteiger partial charge in [-0.05, 0) is 48.0 Å². The van der Waals surface area contributed by atoms with Crippen molar-refractivity contribution in [2.24, 2.45) is 0 Å². The molecule has 0 fully saturated rings. The molecule has 0 saturated carbocycles. The Kier molecular flexibility index (Phi) is 5.00. The van der Waals surface area contributed by atoms with Gasteiger partial charge in [0.1, 0.15) is 11.5 Å². The summed E-state index contributed by atoms with van der Waals surface area (Å²) in [6.45, 7) is 0. The van der Waals surface area contributed by atoms with Crippen LogP contribution in [-0.2, 0) is 4.79 Å². The molecule has 0 aliphatic carbocycles. The summed E-state index contributed by atoms with van der Waals surface area (Å²) in [5.41, 5.74) is 1.59. The predicted molar refractivity (Wildman–Crippen MR) is 94.9 cm³/mol. The molecule has 0 aliphatic rings. The van der Waals surface area contributed by atoms with E-state index in [0.29, 0.717) is 11.4 Å². The number of nitrogens with zero attached hydrogens (tertiary/aromatic N) is 1. The minimum atomic E-state index is -0.205. The molecule has 0 spiro atoms. The fourth-order valence-electron chi connectivity index (χ4n) is 2.09. The van der Waals surface area contributed by atoms with E-state index < -0.39 is 0 Å². The molecule has 4 nitrogen and oxygen atoms in total. The SMILES string of the molecule is O=C(/C=C/c1ccncc1)Nc1cccc(Oc2ccccc2)c1. The molecular formula is C20H16N2O2. The molecule has 2 aromatic carbocycles. The number of hydrogen-bond acceptors (Lipinski definition) is 3. The molecule has 0 atom stereocenters. The molecule has 1 amide bonds. The van der Waals surface area contributed by atoms with Crippen LogP contribution in [0.2, 0.25) is 0 Å². The minimum absolute atomic E-state index is 0.205. The van der Waals surface area contributed by atoms with Crippen molar-refractivity contribution in [1.82, 2.24) is 4.98 Å². The highest BCUT2D eigenvalue weighted by atomic mass is 16.5. The van der Waals surface area contributed by atoms with Gasteiger partial charge in [0.05, 0.1) is 0 Å². The van der Waals surface area contributed by atoms with Gasteiger partial charge >= 0.3 is 0 Å². The summed E-state index contributed by atoms with van der Waals surface area (Å²) in [5.74, 6) is 1.21. The van der Waals surface area contributed by atoms with Crippen LogP contribution in [0.25, 0.3) is 6.08 Å². The Labute approximate surface area is 140 Å². The maximum absolute atomic E-state index is 12.0. The summed E-state index contributed by atoms with van der Waals surface area (Å²) >= 11 is 0. The number of pyridine rings is 1. The van der Waals surface area contributed by atoms with E-state index in [4.69, 9.17) is 4.74 Å². The van der Waals surface area contributed by atoms with Crippen LogP contribution >= 0.6 is 0 Å². The fraction of sp³-hybridized carbons (Fsp3) is 0. The highest BCUT2D eigenvalue weighted by Crippen LogP contribution is 2.23. The van der Waals surface area contributed by atoms with E-state index in [1.54, 1.807) is 24.5 Å². The number of nitrogens with one attached hydrogen (secondary N) is 1. The first kappa shape index (κ1) is 15.5. The van der Waals surface area contributed by atoms with Gasteiger partial charge in [-0.2, -0.15) is 0 Å². The van der Waals surface area contributed by atoms with Crippen LogP contribution in [0.3, 0.4) is 0 Å². The molecule has 118 valence electrons. The Morgan fingerprint density at radius 3 is 2.46 bits per heavy atom. The second-order valence-corrected chi connectivity index (χ2v) is 5.05. The van der Waals surface area contributed by atoms with E-state index in [-0.39, 0.29) is 5.91 Å². The highest BCUT2D eigenvalue weighted by Gasteiger charge is 2.01. The van der Waals surface area contributed by atoms with E-state index in [2.05, 4.69) is 10.3 Å². The van der Waals surface area contributed by atoms with Gasteiger partial charge in [0.2, 0.25) is 5.91 Å². The number of amides is 1. The maximum Gasteiger partial charge on any atom is 0.248 e. The number of para-hydroxylation sites is 1. The predicted octanol–water partition coefficient (Wildman–Crippen LogP) is 4.53. The number of benzene rings is 2. The number of aromatic nitrogens is 1. The quantitative estimate of drug-likeness (QED) is 0.704. The van der Waals surface area contributed by atoms with E-state index >= 15 is 0 Å². The molecule has 4 heteroatoms. The highest BCUT2D eigenvalue weighted by molar-refractivity contribution is 6.02. The van der Waals surface area contributed by atoms with E-state index in [9.17, 15) is 4.79 Å². The Morgan fingerprint density at radius 1 is 0.917 bits per heavy atom. The summed E-state index contributed by atoms with van der Waals surface area (Å²) in [5, 5.41) is 2.82. The Morgan fingerprint density at radius 2 is 1.67 bits per heavy atom. The van der Waals surface area contributed by atoms with Gasteiger partial charge in [-0.1, -0.05) is 24.3 Å². The second kappa shape index (κ2) is 7.74. The van der Waals surface area contributed by atoms with Gasteiger partial charge in [-0.3, -0.25) is 9.78 Å². The molecule has 24 heavy (non-hydrogen) atoms. The third-order valence-corrected chi connectivity index (χ3v) is 3.21. The van der Waals surface area contributed by atoms with E-state index in [1.165, 1.54) is 6.08 Å². The lowest BCUT2D eigenvalue weighted by molar-refractivity contribution is -0.111. The van der Waals surface area contributed by atoms with Crippen LogP contribution in [0.4, 0.5) is 5.69 Å². The Bertz CT molecular complexity index is 831. The number of ether oxygens (including phenoxy) is 1. The van der Waals surface area contributed by atoms with Crippen LogP contribution in [0.1, 0.15) is 5.56 Å². The summed E-state index contributed by atoms with van der Waals surface area (Å²) < 4.78 is 5.75. The molecular weight excluding hydrogens is 300 g/mol. The van der Waals surface area contributed by atoms with Crippen molar-refractivity contribution >= 4 is 17.7 Å². The number of carbonyl (C=O) groups is 1. The number of anilines is 1. The van der Waals surface area contributed by atoms with Crippen LogP contribution in [0.5, 0.6) is 11.5 Å². The van der Waals surface area contributed by atoms with Crippen LogP contribution in [-0.4, -0.2) is 10.9 Å². The summed E-state index contributed by atoms with van der Waals surface area (Å²) in [6, 6.07) is 20.4. The molecule has 0 unspecified atom stereocenters. The fourth-order valence-corrected chi connectivity index (χ4v) is 2.09. The Balaban J connectivity index is 1.64. The summed E-state index contributed by atoms with van der Waals surface area (Å²) in [4.78, 5) is 15.9. The molecule has 1 N–H and O–H groups in total. The van der Waals surface area contributed by atoms with Crippen molar-refractivity contribution in [3.05, 3.63) is 90.8 Å². The third-order valence-electron chi connectivity index (χ3n) is 3.21. The normalized spacial score (nSPS) is 10.5. The van der Waals surface area contributed by atoms with Crippen molar-refractivity contribution < 1.29 is 9.53 Å². The van der Waals surface area contributed by atoms with Crippen molar-refractivity contribution in [3.8, 4) is 11.5 Å². The first-order valence-corrected chi connectivity index (χ1v) is 7.52. The summed E-state index contributed by atoms with van der Waals surface area (Å²) in [7, 11) is 0. The zero-order valence-electron chi connectivity index (χ0n) is 12.9. The van der Waals surface area contributed by atoms with Gasteiger partial charge in [0.25, 0.3) is 0 Å². The van der Waals surface area contributed by atoms with Crippen molar-refractivity contribution in [2.45, 2.75) is 0 Å². The topological polar surface area (TPSA) is 51.2 Å². The first-order valence-electron chi connectivity index (χ1n) is 7.52. The smallest absolute Gasteiger partial charge is 0.248 e. The second-order valence-electron chi connectivity index (χ2n) is 5.05. The lowest BCUT2D eigenvalue weighted by atomic mass is 10.2. The monoisotopic (exact) mass is 316 g/mol. The van der Waals surface area contributed by atoms with Gasteiger partial charge in [-0.25, -0.2) is 0 Å².